The van der Waals surface area contributed by atoms with Crippen molar-refractivity contribution < 1.29 is 14.3 Å². The molecular weight excluding hydrogens is 933 g/mol. The number of pyridine rings is 2. The first-order chi connectivity index (χ1) is 35.9. The smallest absolute Gasteiger partial charge is 0.254 e. The van der Waals surface area contributed by atoms with Gasteiger partial charge in [0.05, 0.1) is 34.5 Å². The molecule has 366 valence electrons. The first-order valence-corrected chi connectivity index (χ1v) is 25.4. The number of thiophene rings is 1. The molecule has 7 heterocycles. The number of nitrogens with one attached hydrogen (secondary N) is 2. The normalized spacial score (nSPS) is 15.3. The molecule has 9 aromatic rings. The second kappa shape index (κ2) is 21.8. The number of fused-ring (bicyclic) bond motifs is 2. The van der Waals surface area contributed by atoms with Crippen molar-refractivity contribution in [3.63, 3.8) is 0 Å². The molecule has 0 bridgehead atoms. The van der Waals surface area contributed by atoms with Gasteiger partial charge >= 0.3 is 0 Å². The van der Waals surface area contributed by atoms with Crippen molar-refractivity contribution in [1.82, 2.24) is 39.7 Å². The van der Waals surface area contributed by atoms with Crippen LogP contribution in [0.2, 0.25) is 0 Å². The van der Waals surface area contributed by atoms with Gasteiger partial charge in [-0.3, -0.25) is 39.3 Å². The van der Waals surface area contributed by atoms with Crippen molar-refractivity contribution in [1.29, 1.82) is 0 Å². The summed E-state index contributed by atoms with van der Waals surface area (Å²) in [7, 11) is 1.45. The SMILES string of the molecule is COC(C(=O)Nc1ccc(-c2ccc3ncc(N4CCN(Cc5cccnc5)CC4)nc3c2)cc1)C(C(=O)Nc1ccc(-c2ccc3ncc(N4CCN(Cc5cccnc5)CC4)nc3c2)cc1)c1cccs1. The lowest BCUT2D eigenvalue weighted by Crippen LogP contribution is -2.46. The average molecular weight is 987 g/mol. The van der Waals surface area contributed by atoms with Gasteiger partial charge < -0.3 is 25.2 Å². The summed E-state index contributed by atoms with van der Waals surface area (Å²) in [5.41, 5.74) is 10.8. The first-order valence-electron chi connectivity index (χ1n) is 24.5. The Morgan fingerprint density at radius 3 is 1.47 bits per heavy atom. The third-order valence-corrected chi connectivity index (χ3v) is 14.6. The zero-order chi connectivity index (χ0) is 49.5. The summed E-state index contributed by atoms with van der Waals surface area (Å²) in [5.74, 6) is 0.0254. The van der Waals surface area contributed by atoms with Gasteiger partial charge in [-0.25, -0.2) is 9.97 Å². The molecule has 2 N–H and O–H groups in total. The molecule has 2 aliphatic rings. The van der Waals surface area contributed by atoms with Gasteiger partial charge in [0.25, 0.3) is 5.91 Å². The topological polar surface area (TPSA) is 158 Å². The molecule has 11 rings (SSSR count). The van der Waals surface area contributed by atoms with Crippen LogP contribution in [0.1, 0.15) is 21.9 Å². The number of methoxy groups -OCH3 is 1. The zero-order valence-electron chi connectivity index (χ0n) is 40.4. The van der Waals surface area contributed by atoms with Gasteiger partial charge in [-0.1, -0.05) is 54.6 Å². The van der Waals surface area contributed by atoms with E-state index in [4.69, 9.17) is 24.7 Å². The Morgan fingerprint density at radius 2 is 1.03 bits per heavy atom. The lowest BCUT2D eigenvalue weighted by molar-refractivity contribution is -0.132. The zero-order valence-corrected chi connectivity index (χ0v) is 41.2. The Hall–Kier alpha value is -8.02. The summed E-state index contributed by atoms with van der Waals surface area (Å²) in [4.78, 5) is 66.5. The maximum absolute atomic E-state index is 14.2. The number of benzene rings is 4. The molecule has 0 spiro atoms. The van der Waals surface area contributed by atoms with Crippen LogP contribution in [-0.2, 0) is 27.4 Å². The summed E-state index contributed by atoms with van der Waals surface area (Å²) in [6, 6.07) is 39.4. The fraction of sp³-hybridized carbons (Fsp3) is 0.228. The van der Waals surface area contributed by atoms with E-state index in [2.05, 4.69) is 64.5 Å². The van der Waals surface area contributed by atoms with Gasteiger partial charge in [-0.15, -0.1) is 11.3 Å². The molecule has 0 radical (unpaired) electrons. The van der Waals surface area contributed by atoms with Crippen LogP contribution in [0.5, 0.6) is 0 Å². The van der Waals surface area contributed by atoms with Gasteiger partial charge in [-0.05, 0) is 105 Å². The molecule has 2 aliphatic heterocycles. The molecule has 16 heteroatoms. The van der Waals surface area contributed by atoms with Crippen LogP contribution in [-0.4, -0.2) is 117 Å². The molecule has 0 aliphatic carbocycles. The number of hydrogen-bond acceptors (Lipinski definition) is 14. The highest BCUT2D eigenvalue weighted by Gasteiger charge is 2.36. The summed E-state index contributed by atoms with van der Waals surface area (Å²) in [6.45, 7) is 8.95. The van der Waals surface area contributed by atoms with Crippen LogP contribution >= 0.6 is 11.3 Å². The van der Waals surface area contributed by atoms with Crippen LogP contribution in [0.4, 0.5) is 23.0 Å². The lowest BCUT2D eigenvalue weighted by atomic mass is 9.97. The van der Waals surface area contributed by atoms with Crippen molar-refractivity contribution >= 4 is 68.2 Å². The van der Waals surface area contributed by atoms with Gasteiger partial charge in [0.2, 0.25) is 5.91 Å². The third-order valence-electron chi connectivity index (χ3n) is 13.6. The van der Waals surface area contributed by atoms with E-state index in [1.165, 1.54) is 29.6 Å². The molecule has 73 heavy (non-hydrogen) atoms. The van der Waals surface area contributed by atoms with Crippen molar-refractivity contribution in [3.8, 4) is 22.3 Å². The number of rotatable bonds is 15. The third kappa shape index (κ3) is 11.1. The van der Waals surface area contributed by atoms with E-state index < -0.39 is 17.9 Å². The summed E-state index contributed by atoms with van der Waals surface area (Å²) in [6.07, 6.45) is 10.1. The van der Waals surface area contributed by atoms with Gasteiger partial charge in [0.15, 0.2) is 6.10 Å². The Balaban J connectivity index is 0.718. The summed E-state index contributed by atoms with van der Waals surface area (Å²) in [5, 5.41) is 7.95. The molecule has 4 aromatic carbocycles. The van der Waals surface area contributed by atoms with E-state index in [1.807, 2.05) is 127 Å². The van der Waals surface area contributed by atoms with Crippen LogP contribution in [0.15, 0.2) is 164 Å². The molecule has 2 fully saturated rings. The Labute approximate surface area is 427 Å². The van der Waals surface area contributed by atoms with Crippen LogP contribution < -0.4 is 20.4 Å². The molecule has 2 amide bonds. The first kappa shape index (κ1) is 47.3. The second-order valence-electron chi connectivity index (χ2n) is 18.4. The number of nitrogens with zero attached hydrogens (tertiary/aromatic N) is 10. The Kier molecular flexibility index (Phi) is 14.1. The van der Waals surface area contributed by atoms with Gasteiger partial charge in [-0.2, -0.15) is 0 Å². The highest BCUT2D eigenvalue weighted by Crippen LogP contribution is 2.32. The van der Waals surface area contributed by atoms with E-state index in [1.54, 1.807) is 12.4 Å². The van der Waals surface area contributed by atoms with Crippen LogP contribution in [0.3, 0.4) is 0 Å². The fourth-order valence-corrected chi connectivity index (χ4v) is 10.5. The molecular formula is C57H54N12O3S. The van der Waals surface area contributed by atoms with Crippen molar-refractivity contribution in [3.05, 3.63) is 180 Å². The van der Waals surface area contributed by atoms with Crippen molar-refractivity contribution in [2.75, 3.05) is 79.9 Å². The number of amides is 2. The molecule has 2 atom stereocenters. The molecule has 2 saturated heterocycles. The van der Waals surface area contributed by atoms with E-state index in [-0.39, 0.29) is 5.91 Å². The highest BCUT2D eigenvalue weighted by molar-refractivity contribution is 7.10. The standard InChI is InChI=1S/C57H54N12O3S/c1-72-55(57(71)63-46-16-10-42(11-17-46)44-13-19-48-50(32-44)65-53(36-61-48)69-28-24-67(25-29-69)38-40-6-3-21-59-34-40)54(51-7-4-30-73-51)56(70)62-45-14-8-41(9-15-45)43-12-18-47-49(31-43)64-52(35-60-47)68-26-22-66(23-27-68)37-39-5-2-20-58-33-39/h2-21,30-36,54-55H,22-29,37-38H2,1H3,(H,62,70)(H,63,71). The molecule has 5 aromatic heterocycles. The van der Waals surface area contributed by atoms with Gasteiger partial charge in [0.1, 0.15) is 17.6 Å². The Morgan fingerprint density at radius 1 is 0.548 bits per heavy atom. The molecule has 2 unspecified atom stereocenters. The average Bonchev–Trinajstić information content (AvgIpc) is 3.98. The summed E-state index contributed by atoms with van der Waals surface area (Å²) >= 11 is 1.40. The fourth-order valence-electron chi connectivity index (χ4n) is 9.64. The maximum Gasteiger partial charge on any atom is 0.254 e. The number of carbonyl (C=O) groups is 2. The van der Waals surface area contributed by atoms with E-state index in [0.717, 1.165) is 121 Å². The monoisotopic (exact) mass is 986 g/mol. The number of carbonyl (C=O) groups excluding carboxylic acids is 2. The molecule has 0 saturated carbocycles. The van der Waals surface area contributed by atoms with E-state index in [9.17, 15) is 9.59 Å². The van der Waals surface area contributed by atoms with Crippen molar-refractivity contribution in [2.45, 2.75) is 25.1 Å². The maximum atomic E-state index is 14.2. The minimum absolute atomic E-state index is 0.357. The quantitative estimate of drug-likeness (QED) is 0.101. The lowest BCUT2D eigenvalue weighted by Gasteiger charge is -2.35. The predicted octanol–water partition coefficient (Wildman–Crippen LogP) is 8.78. The molecule has 15 nitrogen and oxygen atoms in total. The summed E-state index contributed by atoms with van der Waals surface area (Å²) < 4.78 is 5.83. The number of aromatic nitrogens is 6. The number of ether oxygens (including phenoxy) is 1. The Bertz CT molecular complexity index is 3310. The number of piperazine rings is 2. The van der Waals surface area contributed by atoms with Gasteiger partial charge in [0, 0.05) is 114 Å². The van der Waals surface area contributed by atoms with Crippen LogP contribution in [0, 0.1) is 0 Å². The van der Waals surface area contributed by atoms with E-state index in [0.29, 0.717) is 16.3 Å². The minimum Gasteiger partial charge on any atom is -0.370 e. The van der Waals surface area contributed by atoms with Crippen molar-refractivity contribution in [2.24, 2.45) is 0 Å². The second-order valence-corrected chi connectivity index (χ2v) is 19.4. The predicted molar refractivity (Wildman–Crippen MR) is 289 cm³/mol. The minimum atomic E-state index is -1.12. The van der Waals surface area contributed by atoms with Crippen LogP contribution in [0.25, 0.3) is 44.3 Å². The van der Waals surface area contributed by atoms with E-state index >= 15 is 0 Å². The number of hydrogen-bond donors (Lipinski definition) is 2. The number of anilines is 4. The largest absolute Gasteiger partial charge is 0.370 e. The highest BCUT2D eigenvalue weighted by atomic mass is 32.1.